The molecule has 0 aliphatic carbocycles. The summed E-state index contributed by atoms with van der Waals surface area (Å²) >= 11 is 1.52. The quantitative estimate of drug-likeness (QED) is 0.834. The number of carbonyl (C=O) groups excluding carboxylic acids is 1. The van der Waals surface area contributed by atoms with Gasteiger partial charge in [0, 0.05) is 12.6 Å². The lowest BCUT2D eigenvalue weighted by Crippen LogP contribution is -2.61. The van der Waals surface area contributed by atoms with E-state index in [1.54, 1.807) is 0 Å². The van der Waals surface area contributed by atoms with E-state index in [0.29, 0.717) is 0 Å². The summed E-state index contributed by atoms with van der Waals surface area (Å²) in [7, 11) is 0. The highest BCUT2D eigenvalue weighted by Gasteiger charge is 2.39. The van der Waals surface area contributed by atoms with E-state index in [2.05, 4.69) is 13.8 Å². The number of nitrogens with zero attached hydrogens (tertiary/aromatic N) is 1. The summed E-state index contributed by atoms with van der Waals surface area (Å²) < 4.78 is 0. The number of hydrogen-bond acceptors (Lipinski definition) is 3. The van der Waals surface area contributed by atoms with Crippen molar-refractivity contribution >= 4 is 17.2 Å². The molecule has 1 atom stereocenters. The van der Waals surface area contributed by atoms with Gasteiger partial charge in [0.25, 0.3) is 5.91 Å². The van der Waals surface area contributed by atoms with Gasteiger partial charge in [-0.25, -0.2) is 0 Å². The van der Waals surface area contributed by atoms with Crippen LogP contribution in [0.5, 0.6) is 0 Å². The number of hydrogen-bond donors (Lipinski definition) is 1. The zero-order chi connectivity index (χ0) is 12.6. The Bertz CT molecular complexity index is 425. The van der Waals surface area contributed by atoms with E-state index >= 15 is 0 Å². The number of likely N-dealkylation sites (tertiary alicyclic amines) is 1. The van der Waals surface area contributed by atoms with Gasteiger partial charge in [-0.2, -0.15) is 0 Å². The van der Waals surface area contributed by atoms with E-state index < -0.39 is 0 Å². The Kier molecular flexibility index (Phi) is 3.27. The zero-order valence-corrected chi connectivity index (χ0v) is 11.5. The summed E-state index contributed by atoms with van der Waals surface area (Å²) in [5.74, 6) is 0.137. The second-order valence-corrected chi connectivity index (χ2v) is 6.21. The van der Waals surface area contributed by atoms with Crippen LogP contribution in [-0.4, -0.2) is 28.9 Å². The van der Waals surface area contributed by atoms with Crippen molar-refractivity contribution in [2.45, 2.75) is 45.2 Å². The van der Waals surface area contributed by atoms with Crippen LogP contribution in [0.4, 0.5) is 0 Å². The van der Waals surface area contributed by atoms with Crippen molar-refractivity contribution in [2.75, 3.05) is 6.54 Å². The standard InChI is InChI=1S/C13H20N2OS/c1-9-6-8-17-11(9)12(16)15-7-4-5-10(14)13(15,2)3/h6,8,10H,4-5,7,14H2,1-3H3. The lowest BCUT2D eigenvalue weighted by Gasteiger charge is -2.46. The molecule has 4 heteroatoms. The average Bonchev–Trinajstić information content (AvgIpc) is 2.68. The lowest BCUT2D eigenvalue weighted by atomic mass is 9.85. The van der Waals surface area contributed by atoms with Crippen LogP contribution in [0.3, 0.4) is 0 Å². The molecule has 1 aromatic rings. The Morgan fingerprint density at radius 3 is 2.88 bits per heavy atom. The molecule has 1 aliphatic rings. The Labute approximate surface area is 107 Å². The van der Waals surface area contributed by atoms with Crippen molar-refractivity contribution in [1.29, 1.82) is 0 Å². The van der Waals surface area contributed by atoms with Crippen LogP contribution < -0.4 is 5.73 Å². The van der Waals surface area contributed by atoms with Crippen LogP contribution in [0, 0.1) is 6.92 Å². The first-order valence-corrected chi connectivity index (χ1v) is 6.94. The van der Waals surface area contributed by atoms with Crippen molar-refractivity contribution < 1.29 is 4.79 Å². The smallest absolute Gasteiger partial charge is 0.264 e. The molecule has 0 aromatic carbocycles. The van der Waals surface area contributed by atoms with E-state index in [9.17, 15) is 4.79 Å². The first-order valence-electron chi connectivity index (χ1n) is 6.06. The topological polar surface area (TPSA) is 46.3 Å². The Balaban J connectivity index is 2.28. The summed E-state index contributed by atoms with van der Waals surface area (Å²) in [6.45, 7) is 6.94. The molecule has 1 aromatic heterocycles. The highest BCUT2D eigenvalue weighted by atomic mass is 32.1. The van der Waals surface area contributed by atoms with Gasteiger partial charge in [0.15, 0.2) is 0 Å². The third-order valence-electron chi connectivity index (χ3n) is 3.80. The summed E-state index contributed by atoms with van der Waals surface area (Å²) in [5, 5.41) is 1.97. The van der Waals surface area contributed by atoms with Crippen LogP contribution in [0.2, 0.25) is 0 Å². The first-order chi connectivity index (χ1) is 7.94. The highest BCUT2D eigenvalue weighted by molar-refractivity contribution is 7.12. The van der Waals surface area contributed by atoms with Crippen molar-refractivity contribution in [3.8, 4) is 0 Å². The molecule has 0 spiro atoms. The average molecular weight is 252 g/mol. The van der Waals surface area contributed by atoms with Gasteiger partial charge in [-0.05, 0) is 50.6 Å². The molecule has 2 heterocycles. The number of nitrogens with two attached hydrogens (primary N) is 1. The van der Waals surface area contributed by atoms with Gasteiger partial charge in [-0.15, -0.1) is 11.3 Å². The molecule has 2 rings (SSSR count). The van der Waals surface area contributed by atoms with Crippen molar-refractivity contribution in [1.82, 2.24) is 4.90 Å². The zero-order valence-electron chi connectivity index (χ0n) is 10.7. The van der Waals surface area contributed by atoms with Crippen LogP contribution in [-0.2, 0) is 0 Å². The van der Waals surface area contributed by atoms with Gasteiger partial charge < -0.3 is 10.6 Å². The molecule has 1 amide bonds. The maximum atomic E-state index is 12.5. The van der Waals surface area contributed by atoms with E-state index in [0.717, 1.165) is 29.8 Å². The van der Waals surface area contributed by atoms with Crippen LogP contribution in [0.15, 0.2) is 11.4 Å². The highest BCUT2D eigenvalue weighted by Crippen LogP contribution is 2.30. The lowest BCUT2D eigenvalue weighted by molar-refractivity contribution is 0.0367. The minimum absolute atomic E-state index is 0.0699. The van der Waals surface area contributed by atoms with Gasteiger partial charge in [0.1, 0.15) is 0 Å². The van der Waals surface area contributed by atoms with Gasteiger partial charge in [0.2, 0.25) is 0 Å². The van der Waals surface area contributed by atoms with E-state index in [1.807, 2.05) is 23.3 Å². The number of thiophene rings is 1. The predicted molar refractivity (Wildman–Crippen MR) is 71.4 cm³/mol. The minimum Gasteiger partial charge on any atom is -0.331 e. The molecule has 3 nitrogen and oxygen atoms in total. The summed E-state index contributed by atoms with van der Waals surface area (Å²) in [6.07, 6.45) is 2.00. The van der Waals surface area contributed by atoms with Gasteiger partial charge in [0.05, 0.1) is 10.4 Å². The first kappa shape index (κ1) is 12.6. The van der Waals surface area contributed by atoms with Crippen LogP contribution in [0.1, 0.15) is 41.9 Å². The van der Waals surface area contributed by atoms with E-state index in [-0.39, 0.29) is 17.5 Å². The number of rotatable bonds is 1. The third-order valence-corrected chi connectivity index (χ3v) is 4.81. The molecule has 1 aliphatic heterocycles. The fourth-order valence-electron chi connectivity index (χ4n) is 2.39. The molecule has 2 N–H and O–H groups in total. The molecule has 0 radical (unpaired) electrons. The molecule has 94 valence electrons. The number of aryl methyl sites for hydroxylation is 1. The molecule has 1 saturated heterocycles. The van der Waals surface area contributed by atoms with E-state index in [4.69, 9.17) is 5.73 Å². The third kappa shape index (κ3) is 2.11. The molecule has 1 unspecified atom stereocenters. The Morgan fingerprint density at radius 1 is 1.59 bits per heavy atom. The van der Waals surface area contributed by atoms with Gasteiger partial charge in [-0.1, -0.05) is 0 Å². The minimum atomic E-state index is -0.244. The van der Waals surface area contributed by atoms with Crippen LogP contribution >= 0.6 is 11.3 Å². The second kappa shape index (κ2) is 4.42. The van der Waals surface area contributed by atoms with Crippen molar-refractivity contribution in [3.05, 3.63) is 21.9 Å². The Hall–Kier alpha value is -0.870. The molecule has 1 fully saturated rings. The molecule has 0 saturated carbocycles. The number of piperidine rings is 1. The Morgan fingerprint density at radius 2 is 2.29 bits per heavy atom. The van der Waals surface area contributed by atoms with Gasteiger partial charge >= 0.3 is 0 Å². The maximum absolute atomic E-state index is 12.5. The monoisotopic (exact) mass is 252 g/mol. The SMILES string of the molecule is Cc1ccsc1C(=O)N1CCCC(N)C1(C)C. The van der Waals surface area contributed by atoms with Crippen LogP contribution in [0.25, 0.3) is 0 Å². The van der Waals surface area contributed by atoms with Gasteiger partial charge in [-0.3, -0.25) is 4.79 Å². The predicted octanol–water partition coefficient (Wildman–Crippen LogP) is 2.40. The van der Waals surface area contributed by atoms with E-state index in [1.165, 1.54) is 11.3 Å². The van der Waals surface area contributed by atoms with Crippen molar-refractivity contribution in [3.63, 3.8) is 0 Å². The summed E-state index contributed by atoms with van der Waals surface area (Å²) in [4.78, 5) is 15.3. The molecule has 17 heavy (non-hydrogen) atoms. The molecule has 0 bridgehead atoms. The van der Waals surface area contributed by atoms with Crippen molar-refractivity contribution in [2.24, 2.45) is 5.73 Å². The second-order valence-electron chi connectivity index (χ2n) is 5.29. The fraction of sp³-hybridized carbons (Fsp3) is 0.615. The summed E-state index contributed by atoms with van der Waals surface area (Å²) in [5.41, 5.74) is 6.96. The maximum Gasteiger partial charge on any atom is 0.264 e. The number of amides is 1. The molecular weight excluding hydrogens is 232 g/mol. The largest absolute Gasteiger partial charge is 0.331 e. The molecular formula is C13H20N2OS. The number of carbonyl (C=O) groups is 1. The summed E-state index contributed by atoms with van der Waals surface area (Å²) in [6, 6.07) is 2.06. The normalized spacial score (nSPS) is 23.8. The fourth-order valence-corrected chi connectivity index (χ4v) is 3.26.